The van der Waals surface area contributed by atoms with Crippen LogP contribution in [0.3, 0.4) is 0 Å². The van der Waals surface area contributed by atoms with E-state index in [4.69, 9.17) is 9.47 Å². The maximum absolute atomic E-state index is 12.5. The Morgan fingerprint density at radius 3 is 2.31 bits per heavy atom. The Hall–Kier alpha value is -2.73. The number of ether oxygens (including phenoxy) is 2. The van der Waals surface area contributed by atoms with Gasteiger partial charge in [-0.15, -0.1) is 0 Å². The molecule has 0 radical (unpaired) electrons. The van der Waals surface area contributed by atoms with Crippen LogP contribution in [0.15, 0.2) is 42.5 Å². The molecule has 1 aromatic heterocycles. The fourth-order valence-electron chi connectivity index (χ4n) is 2.44. The van der Waals surface area contributed by atoms with Gasteiger partial charge in [0, 0.05) is 14.2 Å². The third-order valence-electron chi connectivity index (χ3n) is 3.55. The van der Waals surface area contributed by atoms with E-state index >= 15 is 0 Å². The van der Waals surface area contributed by atoms with Gasteiger partial charge >= 0.3 is 5.97 Å². The van der Waals surface area contributed by atoms with Crippen LogP contribution in [-0.4, -0.2) is 36.6 Å². The lowest BCUT2D eigenvalue weighted by molar-refractivity contribution is 0.00689. The Kier molecular flexibility index (Phi) is 6.10. The van der Waals surface area contributed by atoms with E-state index < -0.39 is 17.7 Å². The summed E-state index contributed by atoms with van der Waals surface area (Å²) < 4.78 is 11.0. The van der Waals surface area contributed by atoms with Gasteiger partial charge in [0.15, 0.2) is 0 Å². The third kappa shape index (κ3) is 4.89. The highest BCUT2D eigenvalue weighted by atomic mass is 16.6. The quantitative estimate of drug-likeness (QED) is 0.833. The average Bonchev–Trinajstić information content (AvgIpc) is 2.61. The van der Waals surface area contributed by atoms with Crippen molar-refractivity contribution in [2.45, 2.75) is 32.5 Å². The molecule has 0 bridgehead atoms. The van der Waals surface area contributed by atoms with Gasteiger partial charge in [-0.1, -0.05) is 30.3 Å². The van der Waals surface area contributed by atoms with Crippen molar-refractivity contribution >= 4 is 11.9 Å². The van der Waals surface area contributed by atoms with E-state index in [-0.39, 0.29) is 17.2 Å². The standard InChI is InChI=1S/C20H24N2O4/c1-20(2,3)26-19(24)14-11-15(22-16(12-14)18(23)21-4)17(25-5)13-9-7-6-8-10-13/h6-12,17H,1-5H3,(H,21,23)/t17-/m1/s1. The third-order valence-corrected chi connectivity index (χ3v) is 3.55. The smallest absolute Gasteiger partial charge is 0.338 e. The maximum Gasteiger partial charge on any atom is 0.338 e. The number of aromatic nitrogens is 1. The fraction of sp³-hybridized carbons (Fsp3) is 0.350. The Bertz CT molecular complexity index is 782. The van der Waals surface area contributed by atoms with Crippen LogP contribution in [-0.2, 0) is 9.47 Å². The number of esters is 1. The molecule has 6 heteroatoms. The summed E-state index contributed by atoms with van der Waals surface area (Å²) >= 11 is 0. The number of nitrogens with zero attached hydrogens (tertiary/aromatic N) is 1. The van der Waals surface area contributed by atoms with Crippen molar-refractivity contribution in [3.8, 4) is 0 Å². The largest absolute Gasteiger partial charge is 0.456 e. The van der Waals surface area contributed by atoms with Gasteiger partial charge in [0.2, 0.25) is 0 Å². The van der Waals surface area contributed by atoms with Gasteiger partial charge in [0.25, 0.3) is 5.91 Å². The highest BCUT2D eigenvalue weighted by Crippen LogP contribution is 2.25. The SMILES string of the molecule is CNC(=O)c1cc(C(=O)OC(C)(C)C)cc([C@H](OC)c2ccccc2)n1. The lowest BCUT2D eigenvalue weighted by Gasteiger charge is -2.21. The first-order valence-electron chi connectivity index (χ1n) is 8.30. The van der Waals surface area contributed by atoms with E-state index in [1.165, 1.54) is 13.1 Å². The minimum atomic E-state index is -0.645. The normalized spacial score (nSPS) is 12.3. The van der Waals surface area contributed by atoms with Crippen molar-refractivity contribution in [1.82, 2.24) is 10.3 Å². The molecule has 1 N–H and O–H groups in total. The van der Waals surface area contributed by atoms with Gasteiger partial charge in [0.05, 0.1) is 11.3 Å². The second kappa shape index (κ2) is 8.10. The van der Waals surface area contributed by atoms with Crippen LogP contribution in [0.1, 0.15) is 59.0 Å². The van der Waals surface area contributed by atoms with Gasteiger partial charge < -0.3 is 14.8 Å². The molecule has 0 saturated carbocycles. The molecule has 0 fully saturated rings. The summed E-state index contributed by atoms with van der Waals surface area (Å²) in [6.45, 7) is 5.36. The molecule has 0 spiro atoms. The number of hydrogen-bond acceptors (Lipinski definition) is 5. The molecular weight excluding hydrogens is 332 g/mol. The number of pyridine rings is 1. The summed E-state index contributed by atoms with van der Waals surface area (Å²) in [5.41, 5.74) is 1.06. The van der Waals surface area contributed by atoms with Gasteiger partial charge in [-0.2, -0.15) is 0 Å². The molecule has 6 nitrogen and oxygen atoms in total. The first-order chi connectivity index (χ1) is 12.2. The molecule has 0 aliphatic rings. The molecule has 26 heavy (non-hydrogen) atoms. The maximum atomic E-state index is 12.5. The summed E-state index contributed by atoms with van der Waals surface area (Å²) in [4.78, 5) is 29.0. The van der Waals surface area contributed by atoms with Gasteiger partial charge in [0.1, 0.15) is 17.4 Å². The van der Waals surface area contributed by atoms with Crippen LogP contribution in [0.2, 0.25) is 0 Å². The fourth-order valence-corrected chi connectivity index (χ4v) is 2.44. The summed E-state index contributed by atoms with van der Waals surface area (Å²) in [6.07, 6.45) is -0.512. The molecule has 138 valence electrons. The number of nitrogens with one attached hydrogen (secondary N) is 1. The Morgan fingerprint density at radius 2 is 1.77 bits per heavy atom. The lowest BCUT2D eigenvalue weighted by Crippen LogP contribution is -2.25. The zero-order valence-corrected chi connectivity index (χ0v) is 15.7. The van der Waals surface area contributed by atoms with Crippen LogP contribution in [0.25, 0.3) is 0 Å². The number of methoxy groups -OCH3 is 1. The number of rotatable bonds is 5. The van der Waals surface area contributed by atoms with Crippen LogP contribution in [0.5, 0.6) is 0 Å². The van der Waals surface area contributed by atoms with Crippen molar-refractivity contribution in [1.29, 1.82) is 0 Å². The topological polar surface area (TPSA) is 77.5 Å². The first-order valence-corrected chi connectivity index (χ1v) is 8.30. The monoisotopic (exact) mass is 356 g/mol. The van der Waals surface area contributed by atoms with Gasteiger partial charge in [-0.05, 0) is 38.5 Å². The Morgan fingerprint density at radius 1 is 1.12 bits per heavy atom. The molecule has 1 amide bonds. The van der Waals surface area contributed by atoms with Crippen LogP contribution < -0.4 is 5.32 Å². The lowest BCUT2D eigenvalue weighted by atomic mass is 10.0. The molecule has 0 aliphatic carbocycles. The van der Waals surface area contributed by atoms with Crippen molar-refractivity contribution in [2.75, 3.05) is 14.2 Å². The number of hydrogen-bond donors (Lipinski definition) is 1. The Balaban J connectivity index is 2.52. The van der Waals surface area contributed by atoms with Crippen molar-refractivity contribution in [2.24, 2.45) is 0 Å². The van der Waals surface area contributed by atoms with Crippen molar-refractivity contribution in [3.63, 3.8) is 0 Å². The average molecular weight is 356 g/mol. The summed E-state index contributed by atoms with van der Waals surface area (Å²) in [7, 11) is 3.06. The predicted octanol–water partition coefficient (Wildman–Crippen LogP) is 3.13. The first kappa shape index (κ1) is 19.6. The summed E-state index contributed by atoms with van der Waals surface area (Å²) in [6, 6.07) is 12.5. The highest BCUT2D eigenvalue weighted by Gasteiger charge is 2.23. The van der Waals surface area contributed by atoms with Crippen LogP contribution in [0.4, 0.5) is 0 Å². The number of benzene rings is 1. The molecule has 2 rings (SSSR count). The molecule has 1 heterocycles. The number of amides is 1. The minimum Gasteiger partial charge on any atom is -0.456 e. The van der Waals surface area contributed by atoms with E-state index in [0.29, 0.717) is 5.69 Å². The Labute approximate surface area is 153 Å². The van der Waals surface area contributed by atoms with Gasteiger partial charge in [-0.25, -0.2) is 9.78 Å². The molecule has 1 atom stereocenters. The van der Waals surface area contributed by atoms with E-state index in [9.17, 15) is 9.59 Å². The number of carbonyl (C=O) groups excluding carboxylic acids is 2. The minimum absolute atomic E-state index is 0.129. The molecule has 0 aliphatic heterocycles. The van der Waals surface area contributed by atoms with E-state index in [1.54, 1.807) is 33.9 Å². The van der Waals surface area contributed by atoms with E-state index in [1.807, 2.05) is 30.3 Å². The van der Waals surface area contributed by atoms with Crippen LogP contribution >= 0.6 is 0 Å². The zero-order chi connectivity index (χ0) is 19.3. The zero-order valence-electron chi connectivity index (χ0n) is 15.7. The second-order valence-electron chi connectivity index (χ2n) is 6.77. The highest BCUT2D eigenvalue weighted by molar-refractivity contribution is 5.96. The molecule has 1 aromatic carbocycles. The summed E-state index contributed by atoms with van der Waals surface area (Å²) in [5, 5.41) is 2.53. The summed E-state index contributed by atoms with van der Waals surface area (Å²) in [5.74, 6) is -0.909. The van der Waals surface area contributed by atoms with E-state index in [2.05, 4.69) is 10.3 Å². The van der Waals surface area contributed by atoms with E-state index in [0.717, 1.165) is 5.56 Å². The molecule has 0 saturated heterocycles. The molecule has 2 aromatic rings. The molecular formula is C20H24N2O4. The van der Waals surface area contributed by atoms with Gasteiger partial charge in [-0.3, -0.25) is 4.79 Å². The van der Waals surface area contributed by atoms with Crippen LogP contribution in [0, 0.1) is 0 Å². The van der Waals surface area contributed by atoms with Crippen molar-refractivity contribution < 1.29 is 19.1 Å². The second-order valence-corrected chi connectivity index (χ2v) is 6.77. The van der Waals surface area contributed by atoms with Crippen molar-refractivity contribution in [3.05, 3.63) is 65.0 Å². The predicted molar refractivity (Wildman–Crippen MR) is 98.1 cm³/mol. The number of carbonyl (C=O) groups is 2. The molecule has 0 unspecified atom stereocenters.